The number of fused-ring (bicyclic) bond motifs is 2. The zero-order chi connectivity index (χ0) is 17.8. The molecule has 1 aliphatic heterocycles. The molecule has 0 fully saturated rings. The number of hydrogen-bond acceptors (Lipinski definition) is 4. The summed E-state index contributed by atoms with van der Waals surface area (Å²) in [6, 6.07) is 13.4. The first-order valence-electron chi connectivity index (χ1n) is 8.31. The Labute approximate surface area is 158 Å². The molecular formula is C19H22ClN3O3. The lowest BCUT2D eigenvalue weighted by atomic mass is 10.0. The number of nitrogens with two attached hydrogens (primary N) is 1. The fraction of sp³-hybridized carbons (Fsp3) is 0.263. The fourth-order valence-electron chi connectivity index (χ4n) is 3.05. The lowest BCUT2D eigenvalue weighted by Crippen LogP contribution is -2.32. The summed E-state index contributed by atoms with van der Waals surface area (Å²) in [5.74, 6) is -0.191. The average molecular weight is 376 g/mol. The number of para-hydroxylation sites is 1. The maximum Gasteiger partial charge on any atom is 0.411 e. The normalized spacial score (nSPS) is 12.2. The molecule has 0 saturated carbocycles. The van der Waals surface area contributed by atoms with Gasteiger partial charge in [0.1, 0.15) is 0 Å². The van der Waals surface area contributed by atoms with Crippen molar-refractivity contribution in [1.29, 1.82) is 0 Å². The fourth-order valence-corrected chi connectivity index (χ4v) is 3.05. The second kappa shape index (κ2) is 8.69. The molecule has 3 rings (SSSR count). The summed E-state index contributed by atoms with van der Waals surface area (Å²) in [7, 11) is 0. The van der Waals surface area contributed by atoms with Gasteiger partial charge in [0.25, 0.3) is 0 Å². The highest BCUT2D eigenvalue weighted by atomic mass is 35.5. The van der Waals surface area contributed by atoms with Gasteiger partial charge in [0.05, 0.1) is 24.5 Å². The first kappa shape index (κ1) is 19.8. The van der Waals surface area contributed by atoms with Crippen LogP contribution in [0.4, 0.5) is 21.9 Å². The second-order valence-corrected chi connectivity index (χ2v) is 5.75. The van der Waals surface area contributed by atoms with E-state index in [0.717, 1.165) is 35.3 Å². The molecule has 2 amide bonds. The molecule has 0 bridgehead atoms. The Morgan fingerprint density at radius 3 is 2.50 bits per heavy atom. The van der Waals surface area contributed by atoms with Crippen LogP contribution in [0.3, 0.4) is 0 Å². The molecule has 1 aliphatic rings. The van der Waals surface area contributed by atoms with Crippen LogP contribution in [0.5, 0.6) is 0 Å². The quantitative estimate of drug-likeness (QED) is 0.861. The minimum atomic E-state index is -0.520. The van der Waals surface area contributed by atoms with E-state index in [-0.39, 0.29) is 24.9 Å². The van der Waals surface area contributed by atoms with Crippen LogP contribution in [-0.2, 0) is 22.4 Å². The molecule has 2 aromatic rings. The van der Waals surface area contributed by atoms with Crippen LogP contribution in [0.1, 0.15) is 18.1 Å². The van der Waals surface area contributed by atoms with E-state index in [1.54, 1.807) is 17.9 Å². The Bertz CT molecular complexity index is 810. The van der Waals surface area contributed by atoms with Crippen molar-refractivity contribution in [2.45, 2.75) is 19.8 Å². The predicted octanol–water partition coefficient (Wildman–Crippen LogP) is 3.40. The van der Waals surface area contributed by atoms with Crippen molar-refractivity contribution in [2.75, 3.05) is 23.4 Å². The lowest BCUT2D eigenvalue weighted by Gasteiger charge is -2.25. The van der Waals surface area contributed by atoms with E-state index in [2.05, 4.69) is 5.32 Å². The zero-order valence-corrected chi connectivity index (χ0v) is 15.3. The van der Waals surface area contributed by atoms with Crippen molar-refractivity contribution in [3.63, 3.8) is 0 Å². The Hall–Kier alpha value is -2.57. The number of ether oxygens (including phenoxy) is 1. The van der Waals surface area contributed by atoms with Crippen LogP contribution in [0.15, 0.2) is 42.5 Å². The first-order valence-corrected chi connectivity index (χ1v) is 8.31. The van der Waals surface area contributed by atoms with Crippen LogP contribution in [-0.4, -0.2) is 25.2 Å². The maximum absolute atomic E-state index is 12.6. The monoisotopic (exact) mass is 375 g/mol. The number of rotatable bonds is 3. The molecule has 0 saturated heterocycles. The summed E-state index contributed by atoms with van der Waals surface area (Å²) in [6.07, 6.45) is 1.12. The van der Waals surface area contributed by atoms with Crippen molar-refractivity contribution < 1.29 is 14.3 Å². The van der Waals surface area contributed by atoms with Gasteiger partial charge in [0, 0.05) is 5.69 Å². The Morgan fingerprint density at radius 2 is 1.81 bits per heavy atom. The van der Waals surface area contributed by atoms with Gasteiger partial charge >= 0.3 is 6.09 Å². The van der Waals surface area contributed by atoms with Gasteiger partial charge in [-0.3, -0.25) is 15.0 Å². The highest BCUT2D eigenvalue weighted by Gasteiger charge is 2.25. The van der Waals surface area contributed by atoms with Crippen molar-refractivity contribution in [3.8, 4) is 0 Å². The second-order valence-electron chi connectivity index (χ2n) is 5.75. The molecule has 2 aromatic carbocycles. The highest BCUT2D eigenvalue weighted by Crippen LogP contribution is 2.37. The molecule has 0 atom stereocenters. The van der Waals surface area contributed by atoms with E-state index in [0.29, 0.717) is 12.3 Å². The SMILES string of the molecule is CCOC(=O)Nc1ccc2c(c1)N(C(=O)CN)c1ccccc1CC2.Cl. The van der Waals surface area contributed by atoms with E-state index in [1.165, 1.54) is 0 Å². The van der Waals surface area contributed by atoms with Gasteiger partial charge in [-0.05, 0) is 49.1 Å². The topological polar surface area (TPSA) is 84.7 Å². The van der Waals surface area contributed by atoms with E-state index >= 15 is 0 Å². The van der Waals surface area contributed by atoms with Gasteiger partial charge in [0.15, 0.2) is 0 Å². The van der Waals surface area contributed by atoms with Gasteiger partial charge in [-0.15, -0.1) is 12.4 Å². The average Bonchev–Trinajstić information content (AvgIpc) is 2.78. The molecule has 7 heteroatoms. The van der Waals surface area contributed by atoms with E-state index < -0.39 is 6.09 Å². The molecule has 138 valence electrons. The van der Waals surface area contributed by atoms with Crippen LogP contribution in [0.25, 0.3) is 0 Å². The standard InChI is InChI=1S/C19H21N3O3.ClH/c1-2-25-19(24)21-15-10-9-14-8-7-13-5-3-4-6-16(13)22(17(14)11-15)18(23)12-20;/h3-6,9-11H,2,7-8,12,20H2,1H3,(H,21,24);1H. The highest BCUT2D eigenvalue weighted by molar-refractivity contribution is 6.04. The molecule has 0 spiro atoms. The summed E-state index contributed by atoms with van der Waals surface area (Å²) in [6.45, 7) is 1.94. The smallest absolute Gasteiger partial charge is 0.411 e. The number of hydrogen-bond donors (Lipinski definition) is 2. The summed E-state index contributed by atoms with van der Waals surface area (Å²) >= 11 is 0. The number of nitrogens with one attached hydrogen (secondary N) is 1. The summed E-state index contributed by atoms with van der Waals surface area (Å²) < 4.78 is 4.92. The van der Waals surface area contributed by atoms with Gasteiger partial charge < -0.3 is 10.5 Å². The summed E-state index contributed by atoms with van der Waals surface area (Å²) in [5, 5.41) is 2.68. The zero-order valence-electron chi connectivity index (χ0n) is 14.5. The summed E-state index contributed by atoms with van der Waals surface area (Å²) in [5.41, 5.74) is 9.94. The lowest BCUT2D eigenvalue weighted by molar-refractivity contribution is -0.116. The van der Waals surface area contributed by atoms with Crippen molar-refractivity contribution in [3.05, 3.63) is 53.6 Å². The molecule has 0 aromatic heterocycles. The number of benzene rings is 2. The molecule has 0 aliphatic carbocycles. The number of carbonyl (C=O) groups is 2. The Kier molecular flexibility index (Phi) is 6.60. The molecule has 0 radical (unpaired) electrons. The van der Waals surface area contributed by atoms with Crippen LogP contribution < -0.4 is 16.0 Å². The maximum atomic E-state index is 12.6. The summed E-state index contributed by atoms with van der Waals surface area (Å²) in [4.78, 5) is 25.9. The number of aryl methyl sites for hydroxylation is 2. The largest absolute Gasteiger partial charge is 0.450 e. The Balaban J connectivity index is 0.00000243. The minimum absolute atomic E-state index is 0. The minimum Gasteiger partial charge on any atom is -0.450 e. The van der Waals surface area contributed by atoms with E-state index in [4.69, 9.17) is 10.5 Å². The molecule has 26 heavy (non-hydrogen) atoms. The number of nitrogens with zero attached hydrogens (tertiary/aromatic N) is 1. The van der Waals surface area contributed by atoms with Gasteiger partial charge in [0.2, 0.25) is 5.91 Å². The van der Waals surface area contributed by atoms with Crippen LogP contribution in [0, 0.1) is 0 Å². The third-order valence-electron chi connectivity index (χ3n) is 4.17. The first-order chi connectivity index (χ1) is 12.1. The molecular weight excluding hydrogens is 354 g/mol. The molecule has 0 unspecified atom stereocenters. The number of amides is 2. The Morgan fingerprint density at radius 1 is 1.12 bits per heavy atom. The van der Waals surface area contributed by atoms with E-state index in [9.17, 15) is 9.59 Å². The van der Waals surface area contributed by atoms with Gasteiger partial charge in [-0.2, -0.15) is 0 Å². The number of carbonyl (C=O) groups excluding carboxylic acids is 2. The van der Waals surface area contributed by atoms with E-state index in [1.807, 2.05) is 36.4 Å². The molecule has 1 heterocycles. The van der Waals surface area contributed by atoms with Crippen molar-refractivity contribution >= 4 is 41.5 Å². The number of anilines is 3. The molecule has 3 N–H and O–H groups in total. The van der Waals surface area contributed by atoms with Crippen LogP contribution >= 0.6 is 12.4 Å². The van der Waals surface area contributed by atoms with Crippen molar-refractivity contribution in [1.82, 2.24) is 0 Å². The van der Waals surface area contributed by atoms with Gasteiger partial charge in [-0.25, -0.2) is 4.79 Å². The third kappa shape index (κ3) is 3.98. The van der Waals surface area contributed by atoms with Crippen LogP contribution in [0.2, 0.25) is 0 Å². The predicted molar refractivity (Wildman–Crippen MR) is 104 cm³/mol. The van der Waals surface area contributed by atoms with Gasteiger partial charge in [-0.1, -0.05) is 24.3 Å². The third-order valence-corrected chi connectivity index (χ3v) is 4.17. The molecule has 6 nitrogen and oxygen atoms in total. The number of halogens is 1. The van der Waals surface area contributed by atoms with Crippen molar-refractivity contribution in [2.24, 2.45) is 5.73 Å².